The van der Waals surface area contributed by atoms with Gasteiger partial charge in [0.05, 0.1) is 5.52 Å². The molecule has 0 aliphatic heterocycles. The van der Waals surface area contributed by atoms with Crippen LogP contribution in [0.3, 0.4) is 0 Å². The van der Waals surface area contributed by atoms with Gasteiger partial charge in [0.1, 0.15) is 6.33 Å². The summed E-state index contributed by atoms with van der Waals surface area (Å²) in [5.41, 5.74) is 5.66. The lowest BCUT2D eigenvalue weighted by Gasteiger charge is -2.04. The minimum absolute atomic E-state index is 0.968. The number of aromatic amines is 1. The Morgan fingerprint density at radius 3 is 2.57 bits per heavy atom. The maximum atomic E-state index is 4.28. The van der Waals surface area contributed by atoms with Crippen LogP contribution in [-0.4, -0.2) is 15.0 Å². The molecule has 0 saturated carbocycles. The SMILES string of the molecule is c1ccc2c(c1)[nH]c1cc(-c3ccc4ncncc4c3)ccc12. The molecule has 0 saturated heterocycles. The van der Waals surface area contributed by atoms with E-state index in [4.69, 9.17) is 0 Å². The van der Waals surface area contributed by atoms with Gasteiger partial charge in [-0.2, -0.15) is 0 Å². The number of hydrogen-bond acceptors (Lipinski definition) is 2. The first-order chi connectivity index (χ1) is 11.4. The molecule has 1 N–H and O–H groups in total. The Balaban J connectivity index is 1.73. The van der Waals surface area contributed by atoms with Gasteiger partial charge in [0.2, 0.25) is 0 Å². The second kappa shape index (κ2) is 4.65. The summed E-state index contributed by atoms with van der Waals surface area (Å²) in [7, 11) is 0. The maximum Gasteiger partial charge on any atom is 0.116 e. The van der Waals surface area contributed by atoms with E-state index in [0.717, 1.165) is 16.4 Å². The minimum atomic E-state index is 0.968. The normalized spacial score (nSPS) is 11.5. The van der Waals surface area contributed by atoms with Crippen LogP contribution in [0.15, 0.2) is 73.2 Å². The molecule has 0 radical (unpaired) electrons. The number of rotatable bonds is 1. The molecule has 0 aliphatic rings. The Morgan fingerprint density at radius 2 is 1.57 bits per heavy atom. The van der Waals surface area contributed by atoms with Crippen LogP contribution in [0, 0.1) is 0 Å². The fourth-order valence-electron chi connectivity index (χ4n) is 3.20. The van der Waals surface area contributed by atoms with Gasteiger partial charge >= 0.3 is 0 Å². The van der Waals surface area contributed by atoms with Crippen LogP contribution >= 0.6 is 0 Å². The third kappa shape index (κ3) is 1.90. The van der Waals surface area contributed by atoms with Crippen molar-refractivity contribution in [2.24, 2.45) is 0 Å². The lowest BCUT2D eigenvalue weighted by molar-refractivity contribution is 1.22. The molecule has 3 heteroatoms. The van der Waals surface area contributed by atoms with Gasteiger partial charge in [-0.15, -0.1) is 0 Å². The molecule has 0 spiro atoms. The van der Waals surface area contributed by atoms with Gasteiger partial charge in [-0.3, -0.25) is 0 Å². The highest BCUT2D eigenvalue weighted by molar-refractivity contribution is 6.08. The number of nitrogens with zero attached hydrogens (tertiary/aromatic N) is 2. The zero-order chi connectivity index (χ0) is 15.2. The van der Waals surface area contributed by atoms with Gasteiger partial charge in [-0.05, 0) is 35.4 Å². The van der Waals surface area contributed by atoms with E-state index in [9.17, 15) is 0 Å². The van der Waals surface area contributed by atoms with E-state index in [0.29, 0.717) is 0 Å². The molecular weight excluding hydrogens is 282 g/mol. The molecule has 0 amide bonds. The predicted molar refractivity (Wildman–Crippen MR) is 94.3 cm³/mol. The van der Waals surface area contributed by atoms with E-state index in [1.807, 2.05) is 12.3 Å². The van der Waals surface area contributed by atoms with Crippen molar-refractivity contribution in [1.29, 1.82) is 0 Å². The lowest BCUT2D eigenvalue weighted by atomic mass is 10.0. The molecule has 0 fully saturated rings. The van der Waals surface area contributed by atoms with Crippen molar-refractivity contribution in [2.45, 2.75) is 0 Å². The van der Waals surface area contributed by atoms with Crippen molar-refractivity contribution in [1.82, 2.24) is 15.0 Å². The van der Waals surface area contributed by atoms with Crippen LogP contribution < -0.4 is 0 Å². The Labute approximate surface area is 132 Å². The molecular formula is C20H13N3. The van der Waals surface area contributed by atoms with Gasteiger partial charge in [0, 0.05) is 33.4 Å². The number of nitrogens with one attached hydrogen (secondary N) is 1. The van der Waals surface area contributed by atoms with Gasteiger partial charge < -0.3 is 4.98 Å². The quantitative estimate of drug-likeness (QED) is 0.476. The third-order valence-electron chi connectivity index (χ3n) is 4.34. The van der Waals surface area contributed by atoms with Gasteiger partial charge in [0.15, 0.2) is 0 Å². The highest BCUT2D eigenvalue weighted by Gasteiger charge is 2.06. The molecule has 23 heavy (non-hydrogen) atoms. The zero-order valence-corrected chi connectivity index (χ0v) is 12.3. The summed E-state index contributed by atoms with van der Waals surface area (Å²) in [5, 5.41) is 3.58. The molecule has 0 unspecified atom stereocenters. The van der Waals surface area contributed by atoms with Gasteiger partial charge in [0.25, 0.3) is 0 Å². The minimum Gasteiger partial charge on any atom is -0.354 e. The monoisotopic (exact) mass is 295 g/mol. The predicted octanol–water partition coefficient (Wildman–Crippen LogP) is 4.93. The Morgan fingerprint density at radius 1 is 0.739 bits per heavy atom. The third-order valence-corrected chi connectivity index (χ3v) is 4.34. The van der Waals surface area contributed by atoms with Crippen LogP contribution in [0.4, 0.5) is 0 Å². The Hall–Kier alpha value is -3.20. The van der Waals surface area contributed by atoms with Crippen LogP contribution in [-0.2, 0) is 0 Å². The smallest absolute Gasteiger partial charge is 0.116 e. The summed E-state index contributed by atoms with van der Waals surface area (Å²) in [6, 6.07) is 21.3. The van der Waals surface area contributed by atoms with E-state index >= 15 is 0 Å². The first-order valence-electron chi connectivity index (χ1n) is 7.59. The second-order valence-electron chi connectivity index (χ2n) is 5.73. The summed E-state index contributed by atoms with van der Waals surface area (Å²) in [6.45, 7) is 0. The number of hydrogen-bond donors (Lipinski definition) is 1. The van der Waals surface area contributed by atoms with E-state index in [1.165, 1.54) is 27.4 Å². The molecule has 3 nitrogen and oxygen atoms in total. The van der Waals surface area contributed by atoms with E-state index in [1.54, 1.807) is 6.33 Å². The van der Waals surface area contributed by atoms with Crippen molar-refractivity contribution in [3.63, 3.8) is 0 Å². The van der Waals surface area contributed by atoms with Gasteiger partial charge in [-0.1, -0.05) is 36.4 Å². The fraction of sp³-hybridized carbons (Fsp3) is 0. The standard InChI is InChI=1S/C20H13N3/c1-2-4-19-16(3-1)17-7-5-14(10-20(17)23-19)13-6-8-18-15(9-13)11-21-12-22-18/h1-12,23H. The summed E-state index contributed by atoms with van der Waals surface area (Å²) in [5.74, 6) is 0. The number of aromatic nitrogens is 3. The highest BCUT2D eigenvalue weighted by Crippen LogP contribution is 2.30. The maximum absolute atomic E-state index is 4.28. The summed E-state index contributed by atoms with van der Waals surface area (Å²) in [4.78, 5) is 11.9. The number of fused-ring (bicyclic) bond motifs is 4. The van der Waals surface area contributed by atoms with E-state index < -0.39 is 0 Å². The zero-order valence-electron chi connectivity index (χ0n) is 12.3. The van der Waals surface area contributed by atoms with E-state index in [2.05, 4.69) is 69.5 Å². The largest absolute Gasteiger partial charge is 0.354 e. The number of H-pyrrole nitrogens is 1. The van der Waals surface area contributed by atoms with Crippen LogP contribution in [0.5, 0.6) is 0 Å². The van der Waals surface area contributed by atoms with Crippen LogP contribution in [0.25, 0.3) is 43.8 Å². The Kier molecular flexibility index (Phi) is 2.50. The highest BCUT2D eigenvalue weighted by atomic mass is 14.8. The lowest BCUT2D eigenvalue weighted by Crippen LogP contribution is -1.83. The molecule has 0 aliphatic carbocycles. The number of benzene rings is 3. The van der Waals surface area contributed by atoms with Crippen LogP contribution in [0.2, 0.25) is 0 Å². The molecule has 0 atom stereocenters. The second-order valence-corrected chi connectivity index (χ2v) is 5.73. The molecule has 3 aromatic carbocycles. The first kappa shape index (κ1) is 12.4. The molecule has 5 aromatic rings. The van der Waals surface area contributed by atoms with Crippen molar-refractivity contribution >= 4 is 32.7 Å². The Bertz CT molecular complexity index is 1170. The first-order valence-corrected chi connectivity index (χ1v) is 7.59. The van der Waals surface area contributed by atoms with E-state index in [-0.39, 0.29) is 0 Å². The van der Waals surface area contributed by atoms with Crippen LogP contribution in [0.1, 0.15) is 0 Å². The topological polar surface area (TPSA) is 41.6 Å². The van der Waals surface area contributed by atoms with Crippen molar-refractivity contribution in [3.8, 4) is 11.1 Å². The summed E-state index contributed by atoms with van der Waals surface area (Å²) < 4.78 is 0. The fourth-order valence-corrected chi connectivity index (χ4v) is 3.20. The average molecular weight is 295 g/mol. The molecule has 0 bridgehead atoms. The summed E-state index contributed by atoms with van der Waals surface area (Å²) in [6.07, 6.45) is 3.44. The number of para-hydroxylation sites is 1. The molecule has 108 valence electrons. The average Bonchev–Trinajstić information content (AvgIpc) is 2.99. The molecule has 5 rings (SSSR count). The van der Waals surface area contributed by atoms with Crippen molar-refractivity contribution in [2.75, 3.05) is 0 Å². The summed E-state index contributed by atoms with van der Waals surface area (Å²) >= 11 is 0. The van der Waals surface area contributed by atoms with Crippen molar-refractivity contribution < 1.29 is 0 Å². The van der Waals surface area contributed by atoms with Gasteiger partial charge in [-0.25, -0.2) is 9.97 Å². The van der Waals surface area contributed by atoms with Crippen molar-refractivity contribution in [3.05, 3.63) is 73.2 Å². The molecule has 2 heterocycles. The molecule has 2 aromatic heterocycles.